The molecule has 1 aromatic rings. The summed E-state index contributed by atoms with van der Waals surface area (Å²) in [6.07, 6.45) is 0.990. The maximum Gasteiger partial charge on any atom is 0.0767 e. The number of likely N-dealkylation sites (tertiary alicyclic amines) is 1. The second kappa shape index (κ2) is 6.77. The largest absolute Gasteiger partial charge is 0.314 e. The van der Waals surface area contributed by atoms with E-state index in [9.17, 15) is 0 Å². The van der Waals surface area contributed by atoms with Crippen LogP contribution in [0.25, 0.3) is 0 Å². The topological polar surface area (TPSA) is 36.3 Å². The third-order valence-corrected chi connectivity index (χ3v) is 5.59. The Morgan fingerprint density at radius 3 is 2.57 bits per heavy atom. The van der Waals surface area contributed by atoms with Crippen molar-refractivity contribution in [1.82, 2.24) is 24.9 Å². The Bertz CT molecular complexity index is 475. The molecule has 0 aliphatic carbocycles. The molecule has 5 nitrogen and oxygen atoms in total. The van der Waals surface area contributed by atoms with Gasteiger partial charge in [0.15, 0.2) is 0 Å². The van der Waals surface area contributed by atoms with Crippen LogP contribution in [0.2, 0.25) is 0 Å². The van der Waals surface area contributed by atoms with Gasteiger partial charge in [-0.15, -0.1) is 0 Å². The minimum absolute atomic E-state index is 0.759. The SMILES string of the molecule is CCc1nn(CC)c(CN2CC(N3CCNCC3)C2)c1Br. The second-order valence-corrected chi connectivity index (χ2v) is 6.80. The van der Waals surface area contributed by atoms with E-state index in [1.54, 1.807) is 0 Å². The quantitative estimate of drug-likeness (QED) is 0.863. The van der Waals surface area contributed by atoms with Crippen LogP contribution in [0.1, 0.15) is 25.2 Å². The Kier molecular flexibility index (Phi) is 4.99. The van der Waals surface area contributed by atoms with Gasteiger partial charge in [0.05, 0.1) is 15.9 Å². The normalized spacial score (nSPS) is 21.7. The average molecular weight is 356 g/mol. The number of hydrogen-bond acceptors (Lipinski definition) is 4. The molecule has 2 saturated heterocycles. The van der Waals surface area contributed by atoms with Crippen molar-refractivity contribution >= 4 is 15.9 Å². The molecule has 0 aromatic carbocycles. The first-order valence-corrected chi connectivity index (χ1v) is 8.93. The van der Waals surface area contributed by atoms with Gasteiger partial charge in [0, 0.05) is 58.4 Å². The van der Waals surface area contributed by atoms with Crippen molar-refractivity contribution in [3.63, 3.8) is 0 Å². The highest BCUT2D eigenvalue weighted by Gasteiger charge is 2.33. The molecule has 0 spiro atoms. The summed E-state index contributed by atoms with van der Waals surface area (Å²) in [6, 6.07) is 0.759. The van der Waals surface area contributed by atoms with E-state index in [4.69, 9.17) is 5.10 Å². The minimum Gasteiger partial charge on any atom is -0.314 e. The highest BCUT2D eigenvalue weighted by Crippen LogP contribution is 2.26. The van der Waals surface area contributed by atoms with E-state index in [1.165, 1.54) is 42.0 Å². The van der Waals surface area contributed by atoms with Crippen molar-refractivity contribution in [3.8, 4) is 0 Å². The summed E-state index contributed by atoms with van der Waals surface area (Å²) < 4.78 is 3.37. The molecule has 118 valence electrons. The summed E-state index contributed by atoms with van der Waals surface area (Å²) in [5.41, 5.74) is 2.53. The number of halogens is 1. The zero-order valence-electron chi connectivity index (χ0n) is 13.1. The molecule has 1 aromatic heterocycles. The predicted molar refractivity (Wildman–Crippen MR) is 88.5 cm³/mol. The van der Waals surface area contributed by atoms with Crippen molar-refractivity contribution < 1.29 is 0 Å². The minimum atomic E-state index is 0.759. The van der Waals surface area contributed by atoms with Gasteiger partial charge in [-0.2, -0.15) is 5.10 Å². The van der Waals surface area contributed by atoms with Crippen LogP contribution in [-0.4, -0.2) is 64.9 Å². The summed E-state index contributed by atoms with van der Waals surface area (Å²) in [6.45, 7) is 13.4. The molecule has 3 heterocycles. The third kappa shape index (κ3) is 3.18. The van der Waals surface area contributed by atoms with E-state index in [0.717, 1.165) is 38.6 Å². The zero-order valence-corrected chi connectivity index (χ0v) is 14.7. The van der Waals surface area contributed by atoms with Gasteiger partial charge in [0.2, 0.25) is 0 Å². The Balaban J connectivity index is 1.57. The summed E-state index contributed by atoms with van der Waals surface area (Å²) >= 11 is 3.75. The molecule has 0 amide bonds. The van der Waals surface area contributed by atoms with Gasteiger partial charge in [0.1, 0.15) is 0 Å². The fourth-order valence-corrected chi connectivity index (χ4v) is 4.02. The number of aromatic nitrogens is 2. The number of piperazine rings is 1. The molecule has 1 N–H and O–H groups in total. The third-order valence-electron chi connectivity index (χ3n) is 4.67. The number of aryl methyl sites for hydroxylation is 2. The lowest BCUT2D eigenvalue weighted by Gasteiger charge is -2.46. The van der Waals surface area contributed by atoms with Crippen molar-refractivity contribution in [3.05, 3.63) is 15.9 Å². The van der Waals surface area contributed by atoms with Crippen LogP contribution in [-0.2, 0) is 19.5 Å². The summed E-state index contributed by atoms with van der Waals surface area (Å²) in [5, 5.41) is 8.12. The molecule has 0 radical (unpaired) electrons. The van der Waals surface area contributed by atoms with Crippen LogP contribution in [0.5, 0.6) is 0 Å². The molecule has 21 heavy (non-hydrogen) atoms. The highest BCUT2D eigenvalue weighted by molar-refractivity contribution is 9.10. The van der Waals surface area contributed by atoms with Gasteiger partial charge < -0.3 is 5.32 Å². The van der Waals surface area contributed by atoms with Crippen LogP contribution in [0, 0.1) is 0 Å². The summed E-state index contributed by atoms with van der Waals surface area (Å²) in [5.74, 6) is 0. The van der Waals surface area contributed by atoms with Crippen molar-refractivity contribution in [2.45, 2.75) is 39.4 Å². The standard InChI is InChI=1S/C15H26BrN5/c1-3-13-15(16)14(21(4-2)18-13)11-19-9-12(10-19)20-7-5-17-6-8-20/h12,17H,3-11H2,1-2H3. The molecule has 3 rings (SSSR count). The molecule has 2 aliphatic rings. The maximum absolute atomic E-state index is 4.69. The van der Waals surface area contributed by atoms with Crippen molar-refractivity contribution in [2.75, 3.05) is 39.3 Å². The first-order valence-electron chi connectivity index (χ1n) is 8.14. The molecule has 0 saturated carbocycles. The Morgan fingerprint density at radius 1 is 1.24 bits per heavy atom. The summed E-state index contributed by atoms with van der Waals surface area (Å²) in [4.78, 5) is 5.18. The van der Waals surface area contributed by atoms with E-state index in [0.29, 0.717) is 0 Å². The number of nitrogens with zero attached hydrogens (tertiary/aromatic N) is 4. The predicted octanol–water partition coefficient (Wildman–Crippen LogP) is 1.32. The molecular formula is C15H26BrN5. The number of nitrogens with one attached hydrogen (secondary N) is 1. The lowest BCUT2D eigenvalue weighted by Crippen LogP contribution is -2.62. The van der Waals surface area contributed by atoms with E-state index < -0.39 is 0 Å². The Hall–Kier alpha value is -0.430. The molecule has 2 fully saturated rings. The van der Waals surface area contributed by atoms with Crippen LogP contribution < -0.4 is 5.32 Å². The fraction of sp³-hybridized carbons (Fsp3) is 0.800. The van der Waals surface area contributed by atoms with Gasteiger partial charge in [-0.3, -0.25) is 14.5 Å². The smallest absolute Gasteiger partial charge is 0.0767 e. The van der Waals surface area contributed by atoms with E-state index in [1.807, 2.05) is 0 Å². The molecule has 6 heteroatoms. The van der Waals surface area contributed by atoms with E-state index in [-0.39, 0.29) is 0 Å². The zero-order chi connectivity index (χ0) is 14.8. The van der Waals surface area contributed by atoms with Crippen molar-refractivity contribution in [1.29, 1.82) is 0 Å². The first-order chi connectivity index (χ1) is 10.2. The van der Waals surface area contributed by atoms with Gasteiger partial charge >= 0.3 is 0 Å². The maximum atomic E-state index is 4.69. The van der Waals surface area contributed by atoms with Crippen LogP contribution in [0.3, 0.4) is 0 Å². The first kappa shape index (κ1) is 15.5. The molecular weight excluding hydrogens is 330 g/mol. The Morgan fingerprint density at radius 2 is 1.95 bits per heavy atom. The number of hydrogen-bond donors (Lipinski definition) is 1. The molecule has 0 unspecified atom stereocenters. The second-order valence-electron chi connectivity index (χ2n) is 6.01. The lowest BCUT2D eigenvalue weighted by molar-refractivity contribution is 0.0207. The Labute approximate surface area is 135 Å². The summed E-state index contributed by atoms with van der Waals surface area (Å²) in [7, 11) is 0. The molecule has 2 aliphatic heterocycles. The van der Waals surface area contributed by atoms with Gasteiger partial charge in [-0.25, -0.2) is 0 Å². The fourth-order valence-electron chi connectivity index (χ4n) is 3.33. The van der Waals surface area contributed by atoms with Gasteiger partial charge in [-0.1, -0.05) is 6.92 Å². The average Bonchev–Trinajstić information content (AvgIpc) is 2.79. The molecule has 0 bridgehead atoms. The van der Waals surface area contributed by atoms with Crippen LogP contribution >= 0.6 is 15.9 Å². The lowest BCUT2D eigenvalue weighted by atomic mass is 10.1. The monoisotopic (exact) mass is 355 g/mol. The van der Waals surface area contributed by atoms with Crippen LogP contribution in [0.4, 0.5) is 0 Å². The number of rotatable bonds is 5. The molecule has 0 atom stereocenters. The van der Waals surface area contributed by atoms with Gasteiger partial charge in [-0.05, 0) is 29.3 Å². The van der Waals surface area contributed by atoms with Crippen molar-refractivity contribution in [2.24, 2.45) is 0 Å². The highest BCUT2D eigenvalue weighted by atomic mass is 79.9. The van der Waals surface area contributed by atoms with E-state index >= 15 is 0 Å². The van der Waals surface area contributed by atoms with Crippen LogP contribution in [0.15, 0.2) is 4.47 Å². The van der Waals surface area contributed by atoms with Gasteiger partial charge in [0.25, 0.3) is 0 Å². The van der Waals surface area contributed by atoms with E-state index in [2.05, 4.69) is 49.6 Å².